The van der Waals surface area contributed by atoms with E-state index in [1.54, 1.807) is 39.0 Å². The third kappa shape index (κ3) is 4.86. The molecule has 1 heterocycles. The van der Waals surface area contributed by atoms with Gasteiger partial charge in [0.15, 0.2) is 17.5 Å². The first-order valence-corrected chi connectivity index (χ1v) is 14.1. The minimum absolute atomic E-state index is 0. The first-order chi connectivity index (χ1) is 19.5. The summed E-state index contributed by atoms with van der Waals surface area (Å²) in [7, 11) is 0. The van der Waals surface area contributed by atoms with E-state index in [1.165, 1.54) is 26.0 Å². The SMILES string of the molecule is CC(=O)OC1C(=O)[C@]2(C)C(O)CC3OCC3(OC(C)=O)C2C(OC(=O)c2ccccc2)C2(O)CC(O)C(C)=C1C2(C)C.[Y]. The first kappa shape index (κ1) is 33.9. The Bertz CT molecular complexity index is 1360. The molecule has 3 N–H and O–H groups in total. The Balaban J connectivity index is 0.00000423. The van der Waals surface area contributed by atoms with Gasteiger partial charge in [-0.25, -0.2) is 4.79 Å². The third-order valence-electron chi connectivity index (χ3n) is 10.2. The van der Waals surface area contributed by atoms with Crippen LogP contribution in [0.25, 0.3) is 0 Å². The summed E-state index contributed by atoms with van der Waals surface area (Å²) in [5.41, 5.74) is -6.38. The summed E-state index contributed by atoms with van der Waals surface area (Å²) in [6, 6.07) is 8.05. The van der Waals surface area contributed by atoms with Crippen molar-refractivity contribution in [3.8, 4) is 0 Å². The van der Waals surface area contributed by atoms with Gasteiger partial charge in [0.2, 0.25) is 0 Å². The number of aliphatic hydroxyl groups excluding tert-OH is 2. The van der Waals surface area contributed by atoms with Crippen LogP contribution in [0.5, 0.6) is 0 Å². The summed E-state index contributed by atoms with van der Waals surface area (Å²) >= 11 is 0. The van der Waals surface area contributed by atoms with E-state index in [4.69, 9.17) is 18.9 Å². The van der Waals surface area contributed by atoms with Gasteiger partial charge in [-0.1, -0.05) is 32.0 Å². The van der Waals surface area contributed by atoms with E-state index in [0.29, 0.717) is 5.57 Å². The van der Waals surface area contributed by atoms with Crippen molar-refractivity contribution >= 4 is 23.7 Å². The van der Waals surface area contributed by atoms with Gasteiger partial charge in [0.05, 0.1) is 35.7 Å². The quantitative estimate of drug-likeness (QED) is 0.241. The van der Waals surface area contributed by atoms with Gasteiger partial charge in [0.25, 0.3) is 0 Å². The summed E-state index contributed by atoms with van der Waals surface area (Å²) in [5.74, 6) is -4.41. The number of esters is 3. The average Bonchev–Trinajstić information content (AvgIpc) is 2.90. The van der Waals surface area contributed by atoms with Gasteiger partial charge in [-0.3, -0.25) is 14.4 Å². The van der Waals surface area contributed by atoms with Gasteiger partial charge in [0, 0.05) is 64.8 Å². The summed E-state index contributed by atoms with van der Waals surface area (Å²) < 4.78 is 23.5. The van der Waals surface area contributed by atoms with Crippen LogP contribution in [0.2, 0.25) is 0 Å². The zero-order valence-corrected chi connectivity index (χ0v) is 28.0. The summed E-state index contributed by atoms with van der Waals surface area (Å²) in [4.78, 5) is 53.4. The minimum Gasteiger partial charge on any atom is -0.455 e. The molecule has 0 spiro atoms. The fourth-order valence-corrected chi connectivity index (χ4v) is 7.91. The van der Waals surface area contributed by atoms with Gasteiger partial charge < -0.3 is 34.3 Å². The van der Waals surface area contributed by atoms with E-state index in [1.807, 2.05) is 0 Å². The average molecular weight is 676 g/mol. The summed E-state index contributed by atoms with van der Waals surface area (Å²) in [6.45, 7) is 8.42. The first-order valence-electron chi connectivity index (χ1n) is 14.1. The van der Waals surface area contributed by atoms with Crippen molar-refractivity contribution in [3.05, 3.63) is 47.0 Å². The Hall–Kier alpha value is -2.02. The predicted molar refractivity (Wildman–Crippen MR) is 145 cm³/mol. The van der Waals surface area contributed by atoms with E-state index in [9.17, 15) is 34.5 Å². The molecule has 4 aliphatic rings. The number of carbonyl (C=O) groups excluding carboxylic acids is 4. The van der Waals surface area contributed by atoms with Crippen LogP contribution in [0.4, 0.5) is 0 Å². The van der Waals surface area contributed by atoms with Crippen molar-refractivity contribution in [3.63, 3.8) is 0 Å². The molecule has 43 heavy (non-hydrogen) atoms. The summed E-state index contributed by atoms with van der Waals surface area (Å²) in [5, 5.41) is 35.8. The molecule has 3 aliphatic carbocycles. The van der Waals surface area contributed by atoms with Crippen LogP contribution in [-0.4, -0.2) is 87.3 Å². The fourth-order valence-electron chi connectivity index (χ4n) is 7.91. The van der Waals surface area contributed by atoms with Crippen LogP contribution < -0.4 is 0 Å². The Morgan fingerprint density at radius 3 is 2.16 bits per heavy atom. The number of aliphatic hydroxyl groups is 3. The standard InChI is InChI=1S/C31H38O11.Y/c1-15-19(34)13-31(38)26(41-27(37)18-10-8-7-9-11-18)24-29(6,20(35)12-21-30(24,14-39-21)42-17(3)33)25(36)23(40-16(2)32)22(15)28(31,4)5;/h7-11,19-21,23-24,26,34-35,38H,12-14H2,1-6H3;/t19?,20?,21?,23?,24?,26?,29-,30?,31?;/m1./s1. The van der Waals surface area contributed by atoms with Gasteiger partial charge >= 0.3 is 17.9 Å². The number of hydrogen-bond acceptors (Lipinski definition) is 11. The van der Waals surface area contributed by atoms with Crippen LogP contribution >= 0.6 is 0 Å². The van der Waals surface area contributed by atoms with Crippen molar-refractivity contribution in [1.29, 1.82) is 0 Å². The molecule has 1 aromatic carbocycles. The molecule has 2 saturated carbocycles. The largest absolute Gasteiger partial charge is 0.455 e. The molecule has 3 fully saturated rings. The Morgan fingerprint density at radius 2 is 1.63 bits per heavy atom. The minimum atomic E-state index is -2.11. The molecule has 12 heteroatoms. The molecule has 11 nitrogen and oxygen atoms in total. The molecule has 9 atom stereocenters. The number of carbonyl (C=O) groups is 4. The molecular formula is C31H38O11Y. The number of ketones is 1. The van der Waals surface area contributed by atoms with Gasteiger partial charge in [-0.05, 0) is 37.1 Å². The van der Waals surface area contributed by atoms with Crippen molar-refractivity contribution in [1.82, 2.24) is 0 Å². The van der Waals surface area contributed by atoms with Gasteiger partial charge in [-0.15, -0.1) is 0 Å². The smallest absolute Gasteiger partial charge is 0.338 e. The predicted octanol–water partition coefficient (Wildman–Crippen LogP) is 1.65. The van der Waals surface area contributed by atoms with Gasteiger partial charge in [0.1, 0.15) is 17.8 Å². The van der Waals surface area contributed by atoms with Crippen molar-refractivity contribution in [2.75, 3.05) is 6.61 Å². The molecule has 1 saturated heterocycles. The maximum Gasteiger partial charge on any atom is 0.338 e. The van der Waals surface area contributed by atoms with Crippen molar-refractivity contribution in [2.45, 2.75) is 96.1 Å². The molecule has 1 aromatic rings. The number of fused-ring (bicyclic) bond motifs is 5. The molecule has 2 bridgehead atoms. The van der Waals surface area contributed by atoms with Crippen LogP contribution in [0.3, 0.4) is 0 Å². The van der Waals surface area contributed by atoms with E-state index >= 15 is 0 Å². The van der Waals surface area contributed by atoms with Crippen LogP contribution in [0, 0.1) is 16.7 Å². The summed E-state index contributed by atoms with van der Waals surface area (Å²) in [6.07, 6.45) is -7.27. The molecule has 0 aromatic heterocycles. The van der Waals surface area contributed by atoms with Crippen molar-refractivity contribution in [2.24, 2.45) is 16.7 Å². The number of hydrogen-bond donors (Lipinski definition) is 3. The van der Waals surface area contributed by atoms with Gasteiger partial charge in [-0.2, -0.15) is 0 Å². The normalized spacial score (nSPS) is 39.4. The zero-order chi connectivity index (χ0) is 31.0. The van der Waals surface area contributed by atoms with E-state index in [2.05, 4.69) is 0 Å². The Morgan fingerprint density at radius 1 is 1.00 bits per heavy atom. The monoisotopic (exact) mass is 675 g/mol. The van der Waals surface area contributed by atoms with E-state index in [0.717, 1.165) is 6.92 Å². The van der Waals surface area contributed by atoms with E-state index in [-0.39, 0.29) is 63.3 Å². The molecule has 5 rings (SSSR count). The number of rotatable bonds is 4. The fraction of sp³-hybridized carbons (Fsp3) is 0.613. The molecule has 231 valence electrons. The van der Waals surface area contributed by atoms with E-state index < -0.39 is 82.2 Å². The molecule has 1 aliphatic heterocycles. The maximum absolute atomic E-state index is 14.8. The second-order valence-electron chi connectivity index (χ2n) is 12.8. The number of ether oxygens (including phenoxy) is 4. The Kier molecular flexibility index (Phi) is 8.99. The molecule has 8 unspecified atom stereocenters. The van der Waals surface area contributed by atoms with Crippen LogP contribution in [0.15, 0.2) is 41.5 Å². The van der Waals surface area contributed by atoms with Crippen LogP contribution in [0.1, 0.15) is 64.7 Å². The van der Waals surface area contributed by atoms with Crippen LogP contribution in [-0.2, 0) is 66.0 Å². The number of benzene rings is 1. The second kappa shape index (κ2) is 11.4. The van der Waals surface area contributed by atoms with Crippen molar-refractivity contribution < 1.29 is 86.2 Å². The second-order valence-corrected chi connectivity index (χ2v) is 12.8. The molecular weight excluding hydrogens is 637 g/mol. The Labute approximate surface area is 275 Å². The molecule has 1 radical (unpaired) electrons. The topological polar surface area (TPSA) is 166 Å². The third-order valence-corrected chi connectivity index (χ3v) is 10.2. The number of Topliss-reactive ketones (excluding diaryl/α,β-unsaturated/α-hetero) is 1. The molecule has 0 amide bonds. The maximum atomic E-state index is 14.8. The zero-order valence-electron chi connectivity index (χ0n) is 25.2.